The van der Waals surface area contributed by atoms with Crippen LogP contribution in [-0.4, -0.2) is 92.1 Å². The third kappa shape index (κ3) is 6.31. The maximum absolute atomic E-state index is 13.2. The first-order valence-electron chi connectivity index (χ1n) is 9.69. The average Bonchev–Trinajstić information content (AvgIpc) is 2.70. The fourth-order valence-electron chi connectivity index (χ4n) is 3.46. The van der Waals surface area contributed by atoms with Crippen molar-refractivity contribution in [3.8, 4) is 0 Å². The van der Waals surface area contributed by atoms with Crippen LogP contribution in [0.25, 0.3) is 0 Å². The van der Waals surface area contributed by atoms with Gasteiger partial charge < -0.3 is 15.0 Å². The van der Waals surface area contributed by atoms with Crippen molar-refractivity contribution >= 4 is 29.1 Å². The van der Waals surface area contributed by atoms with E-state index in [1.54, 1.807) is 4.90 Å². The monoisotopic (exact) mass is 448 g/mol. The summed E-state index contributed by atoms with van der Waals surface area (Å²) in [6.07, 6.45) is -4.63. The molecule has 0 bridgehead atoms. The van der Waals surface area contributed by atoms with Crippen LogP contribution in [-0.2, 0) is 20.5 Å². The number of hydrogen-bond acceptors (Lipinski definition) is 5. The van der Waals surface area contributed by atoms with Crippen LogP contribution in [0.5, 0.6) is 0 Å². The van der Waals surface area contributed by atoms with E-state index >= 15 is 0 Å². The van der Waals surface area contributed by atoms with Gasteiger partial charge in [0, 0.05) is 44.3 Å². The number of amides is 2. The van der Waals surface area contributed by atoms with Gasteiger partial charge in [-0.15, -0.1) is 0 Å². The summed E-state index contributed by atoms with van der Waals surface area (Å²) in [4.78, 5) is 30.3. The predicted octanol–water partition coefficient (Wildman–Crippen LogP) is 1.77. The Morgan fingerprint density at radius 3 is 2.27 bits per heavy atom. The van der Waals surface area contributed by atoms with Gasteiger partial charge in [0.15, 0.2) is 0 Å². The van der Waals surface area contributed by atoms with E-state index in [0.717, 1.165) is 25.2 Å². The summed E-state index contributed by atoms with van der Waals surface area (Å²) in [5.74, 6) is -0.507. The van der Waals surface area contributed by atoms with Gasteiger partial charge in [0.1, 0.15) is 0 Å². The molecule has 0 saturated carbocycles. The molecular weight excluding hydrogens is 425 g/mol. The zero-order valence-electron chi connectivity index (χ0n) is 16.4. The first kappa shape index (κ1) is 22.8. The summed E-state index contributed by atoms with van der Waals surface area (Å²) in [5, 5.41) is 2.26. The van der Waals surface area contributed by atoms with Gasteiger partial charge in [-0.2, -0.15) is 13.2 Å². The minimum absolute atomic E-state index is 0.0389. The SMILES string of the molecule is O=C(CN1CCN(C(=O)CN2CCOCC2)CC1)Nc1ccc(Cl)cc1C(F)(F)F. The average molecular weight is 449 g/mol. The van der Waals surface area contributed by atoms with Crippen LogP contribution >= 0.6 is 11.6 Å². The molecule has 0 aliphatic carbocycles. The topological polar surface area (TPSA) is 65.1 Å². The number of hydrogen-bond donors (Lipinski definition) is 1. The molecule has 2 heterocycles. The second-order valence-electron chi connectivity index (χ2n) is 7.28. The minimum atomic E-state index is -4.63. The molecule has 30 heavy (non-hydrogen) atoms. The highest BCUT2D eigenvalue weighted by atomic mass is 35.5. The number of halogens is 4. The number of anilines is 1. The number of rotatable bonds is 5. The van der Waals surface area contributed by atoms with Gasteiger partial charge in [-0.3, -0.25) is 19.4 Å². The molecule has 2 saturated heterocycles. The summed E-state index contributed by atoms with van der Waals surface area (Å²) >= 11 is 5.65. The van der Waals surface area contributed by atoms with Gasteiger partial charge in [-0.25, -0.2) is 0 Å². The van der Waals surface area contributed by atoms with Gasteiger partial charge in [0.25, 0.3) is 0 Å². The lowest BCUT2D eigenvalue weighted by molar-refractivity contribution is -0.137. The number of benzene rings is 1. The molecule has 166 valence electrons. The molecule has 0 spiro atoms. The number of morpholine rings is 1. The smallest absolute Gasteiger partial charge is 0.379 e. The van der Waals surface area contributed by atoms with Crippen LogP contribution in [0.2, 0.25) is 5.02 Å². The first-order valence-corrected chi connectivity index (χ1v) is 10.1. The maximum Gasteiger partial charge on any atom is 0.418 e. The molecule has 2 fully saturated rings. The number of ether oxygens (including phenoxy) is 1. The van der Waals surface area contributed by atoms with E-state index in [4.69, 9.17) is 16.3 Å². The van der Waals surface area contributed by atoms with Crippen molar-refractivity contribution in [2.24, 2.45) is 0 Å². The van der Waals surface area contributed by atoms with E-state index in [0.29, 0.717) is 45.9 Å². The Morgan fingerprint density at radius 1 is 1.00 bits per heavy atom. The summed E-state index contributed by atoms with van der Waals surface area (Å²) in [5.41, 5.74) is -1.31. The number of alkyl halides is 3. The van der Waals surface area contributed by atoms with E-state index < -0.39 is 17.6 Å². The van der Waals surface area contributed by atoms with E-state index in [9.17, 15) is 22.8 Å². The fourth-order valence-corrected chi connectivity index (χ4v) is 3.63. The third-order valence-electron chi connectivity index (χ3n) is 5.12. The molecular formula is C19H24ClF3N4O3. The van der Waals surface area contributed by atoms with E-state index in [2.05, 4.69) is 10.2 Å². The Bertz CT molecular complexity index is 764. The highest BCUT2D eigenvalue weighted by Crippen LogP contribution is 2.36. The normalized spacial score (nSPS) is 19.0. The van der Waals surface area contributed by atoms with Gasteiger partial charge in [-0.05, 0) is 18.2 Å². The molecule has 0 unspecified atom stereocenters. The van der Waals surface area contributed by atoms with Crippen molar-refractivity contribution in [1.82, 2.24) is 14.7 Å². The maximum atomic E-state index is 13.2. The number of nitrogens with zero attached hydrogens (tertiary/aromatic N) is 3. The van der Waals surface area contributed by atoms with Gasteiger partial charge in [0.05, 0.1) is 37.6 Å². The van der Waals surface area contributed by atoms with Gasteiger partial charge in [0.2, 0.25) is 11.8 Å². The van der Waals surface area contributed by atoms with Crippen LogP contribution in [0, 0.1) is 0 Å². The molecule has 7 nitrogen and oxygen atoms in total. The van der Waals surface area contributed by atoms with E-state index in [-0.39, 0.29) is 23.2 Å². The Morgan fingerprint density at radius 2 is 1.63 bits per heavy atom. The van der Waals surface area contributed by atoms with Crippen LogP contribution in [0.1, 0.15) is 5.56 Å². The van der Waals surface area contributed by atoms with Crippen molar-refractivity contribution in [3.05, 3.63) is 28.8 Å². The lowest BCUT2D eigenvalue weighted by Crippen LogP contribution is -2.53. The molecule has 2 amide bonds. The van der Waals surface area contributed by atoms with E-state index in [1.165, 1.54) is 6.07 Å². The second kappa shape index (κ2) is 9.95. The zero-order valence-corrected chi connectivity index (χ0v) is 17.1. The highest BCUT2D eigenvalue weighted by Gasteiger charge is 2.34. The number of piperazine rings is 1. The molecule has 0 atom stereocenters. The van der Waals surface area contributed by atoms with Crippen LogP contribution in [0.4, 0.5) is 18.9 Å². The summed E-state index contributed by atoms with van der Waals surface area (Å²) < 4.78 is 44.7. The molecule has 1 N–H and O–H groups in total. The number of carbonyl (C=O) groups is 2. The Hall–Kier alpha value is -1.88. The van der Waals surface area contributed by atoms with E-state index in [1.807, 2.05) is 4.90 Å². The summed E-state index contributed by atoms with van der Waals surface area (Å²) in [6.45, 7) is 4.93. The van der Waals surface area contributed by atoms with Crippen LogP contribution in [0.15, 0.2) is 18.2 Å². The molecule has 3 rings (SSSR count). The molecule has 11 heteroatoms. The molecule has 2 aliphatic heterocycles. The molecule has 1 aromatic carbocycles. The van der Waals surface area contributed by atoms with Gasteiger partial charge >= 0.3 is 6.18 Å². The largest absolute Gasteiger partial charge is 0.418 e. The predicted molar refractivity (Wildman–Crippen MR) is 105 cm³/mol. The van der Waals surface area contributed by atoms with Crippen LogP contribution < -0.4 is 5.32 Å². The van der Waals surface area contributed by atoms with Crippen molar-refractivity contribution in [2.45, 2.75) is 6.18 Å². The lowest BCUT2D eigenvalue weighted by atomic mass is 10.1. The van der Waals surface area contributed by atoms with Crippen molar-refractivity contribution < 1.29 is 27.5 Å². The second-order valence-corrected chi connectivity index (χ2v) is 7.72. The van der Waals surface area contributed by atoms with Gasteiger partial charge in [-0.1, -0.05) is 11.6 Å². The Kier molecular flexibility index (Phi) is 7.56. The first-order chi connectivity index (χ1) is 14.2. The standard InChI is InChI=1S/C19H24ClF3N4O3/c20-14-1-2-16(15(11-14)19(21,22)23)24-17(28)12-25-3-5-27(6-4-25)18(29)13-26-7-9-30-10-8-26/h1-2,11H,3-10,12-13H2,(H,24,28). The summed E-state index contributed by atoms with van der Waals surface area (Å²) in [7, 11) is 0. The van der Waals surface area contributed by atoms with Crippen LogP contribution in [0.3, 0.4) is 0 Å². The van der Waals surface area contributed by atoms with Crippen molar-refractivity contribution in [3.63, 3.8) is 0 Å². The molecule has 0 aromatic heterocycles. The van der Waals surface area contributed by atoms with Crippen molar-refractivity contribution in [1.29, 1.82) is 0 Å². The lowest BCUT2D eigenvalue weighted by Gasteiger charge is -2.36. The highest BCUT2D eigenvalue weighted by molar-refractivity contribution is 6.30. The fraction of sp³-hybridized carbons (Fsp3) is 0.579. The molecule has 0 radical (unpaired) electrons. The van der Waals surface area contributed by atoms with Crippen molar-refractivity contribution in [2.75, 3.05) is 70.9 Å². The molecule has 2 aliphatic rings. The Balaban J connectivity index is 1.47. The number of carbonyl (C=O) groups excluding carboxylic acids is 2. The third-order valence-corrected chi connectivity index (χ3v) is 5.35. The zero-order chi connectivity index (χ0) is 21.7. The Labute approximate surface area is 177 Å². The minimum Gasteiger partial charge on any atom is -0.379 e. The summed E-state index contributed by atoms with van der Waals surface area (Å²) in [6, 6.07) is 3.23. The number of nitrogens with one attached hydrogen (secondary N) is 1. The quantitative estimate of drug-likeness (QED) is 0.744. The molecule has 1 aromatic rings.